The normalized spacial score (nSPS) is 10.3. The molecule has 0 saturated carbocycles. The number of rotatable bonds is 8. The molecule has 2 aromatic rings. The molecule has 2 rings (SSSR count). The molecular weight excluding hydrogens is 390 g/mol. The third-order valence-electron chi connectivity index (χ3n) is 3.45. The molecule has 0 fully saturated rings. The number of benzene rings is 1. The molecule has 1 heterocycles. The second kappa shape index (κ2) is 10.1. The minimum Gasteiger partial charge on any atom is -0.462 e. The van der Waals surface area contributed by atoms with Crippen LogP contribution in [-0.4, -0.2) is 44.5 Å². The number of amides is 2. The molecule has 0 spiro atoms. The fraction of sp³-hybridized carbons (Fsp3) is 0.278. The molecule has 0 unspecified atom stereocenters. The number of likely N-dealkylation sites (N-methyl/N-ethyl adjacent to an activating group) is 1. The van der Waals surface area contributed by atoms with Crippen molar-refractivity contribution in [3.8, 4) is 10.4 Å². The highest BCUT2D eigenvalue weighted by molar-refractivity contribution is 7.18. The molecular formula is C18H20ClN3O4S. The standard InChI is InChI=1S/C18H20ClN3O4S/c1-3-26-18(25)17-13(22-16(24)10-21-9-15(23)20-2)8-14(27-17)11-4-6-12(19)7-5-11/h4-8,21H,3,9-10H2,1-2H3,(H,20,23)(H,22,24). The van der Waals surface area contributed by atoms with Gasteiger partial charge in [0.05, 0.1) is 25.4 Å². The number of halogens is 1. The van der Waals surface area contributed by atoms with Gasteiger partial charge in [0.15, 0.2) is 0 Å². The molecule has 1 aromatic carbocycles. The second-order valence-corrected chi connectivity index (χ2v) is 6.89. The van der Waals surface area contributed by atoms with Gasteiger partial charge in [-0.1, -0.05) is 23.7 Å². The number of carbonyl (C=O) groups excluding carboxylic acids is 3. The van der Waals surface area contributed by atoms with Crippen molar-refractivity contribution in [1.29, 1.82) is 0 Å². The fourth-order valence-corrected chi connectivity index (χ4v) is 3.30. The molecule has 7 nitrogen and oxygen atoms in total. The molecule has 0 aliphatic heterocycles. The number of carbonyl (C=O) groups is 3. The van der Waals surface area contributed by atoms with Crippen LogP contribution in [0.5, 0.6) is 0 Å². The van der Waals surface area contributed by atoms with Crippen LogP contribution in [0, 0.1) is 0 Å². The van der Waals surface area contributed by atoms with E-state index in [0.717, 1.165) is 10.4 Å². The van der Waals surface area contributed by atoms with Crippen molar-refractivity contribution in [2.75, 3.05) is 32.1 Å². The van der Waals surface area contributed by atoms with Crippen LogP contribution < -0.4 is 16.0 Å². The van der Waals surface area contributed by atoms with Gasteiger partial charge in [0.2, 0.25) is 11.8 Å². The molecule has 0 saturated heterocycles. The van der Waals surface area contributed by atoms with Crippen molar-refractivity contribution in [2.45, 2.75) is 6.92 Å². The molecule has 0 bridgehead atoms. The predicted octanol–water partition coefficient (Wildman–Crippen LogP) is 2.52. The number of anilines is 1. The van der Waals surface area contributed by atoms with Crippen molar-refractivity contribution >= 4 is 46.4 Å². The third-order valence-corrected chi connectivity index (χ3v) is 4.86. The van der Waals surface area contributed by atoms with Crippen LogP contribution in [0.2, 0.25) is 5.02 Å². The molecule has 144 valence electrons. The maximum absolute atomic E-state index is 12.2. The van der Waals surface area contributed by atoms with Gasteiger partial charge < -0.3 is 15.4 Å². The molecule has 0 aliphatic carbocycles. The zero-order valence-corrected chi connectivity index (χ0v) is 16.5. The van der Waals surface area contributed by atoms with Gasteiger partial charge in [-0.15, -0.1) is 11.3 Å². The Labute approximate surface area is 166 Å². The molecule has 0 radical (unpaired) electrons. The van der Waals surface area contributed by atoms with Crippen LogP contribution in [0.3, 0.4) is 0 Å². The Morgan fingerprint density at radius 2 is 1.78 bits per heavy atom. The molecule has 9 heteroatoms. The first-order valence-corrected chi connectivity index (χ1v) is 9.42. The van der Waals surface area contributed by atoms with Crippen molar-refractivity contribution in [3.63, 3.8) is 0 Å². The van der Waals surface area contributed by atoms with Crippen LogP contribution in [0.4, 0.5) is 5.69 Å². The van der Waals surface area contributed by atoms with E-state index in [1.165, 1.54) is 18.4 Å². The van der Waals surface area contributed by atoms with E-state index in [4.69, 9.17) is 16.3 Å². The number of esters is 1. The molecule has 0 aliphatic rings. The van der Waals surface area contributed by atoms with Gasteiger partial charge in [0.1, 0.15) is 4.88 Å². The Kier molecular flexibility index (Phi) is 7.78. The van der Waals surface area contributed by atoms with E-state index in [2.05, 4.69) is 16.0 Å². The highest BCUT2D eigenvalue weighted by Gasteiger charge is 2.20. The molecule has 27 heavy (non-hydrogen) atoms. The lowest BCUT2D eigenvalue weighted by Crippen LogP contribution is -2.36. The van der Waals surface area contributed by atoms with Crippen LogP contribution in [0.1, 0.15) is 16.6 Å². The highest BCUT2D eigenvalue weighted by atomic mass is 35.5. The number of hydrogen-bond acceptors (Lipinski definition) is 6. The highest BCUT2D eigenvalue weighted by Crippen LogP contribution is 2.35. The maximum atomic E-state index is 12.2. The summed E-state index contributed by atoms with van der Waals surface area (Å²) >= 11 is 7.14. The van der Waals surface area contributed by atoms with Gasteiger partial charge in [-0.05, 0) is 30.7 Å². The van der Waals surface area contributed by atoms with Crippen molar-refractivity contribution in [1.82, 2.24) is 10.6 Å². The Bertz CT molecular complexity index is 821. The quantitative estimate of drug-likeness (QED) is 0.582. The van der Waals surface area contributed by atoms with Gasteiger partial charge in [-0.2, -0.15) is 0 Å². The largest absolute Gasteiger partial charge is 0.462 e. The summed E-state index contributed by atoms with van der Waals surface area (Å²) < 4.78 is 5.08. The Morgan fingerprint density at radius 3 is 2.41 bits per heavy atom. The minimum absolute atomic E-state index is 0.0221. The van der Waals surface area contributed by atoms with Crippen LogP contribution >= 0.6 is 22.9 Å². The van der Waals surface area contributed by atoms with E-state index in [0.29, 0.717) is 15.6 Å². The number of thiophene rings is 1. The topological polar surface area (TPSA) is 96.5 Å². The predicted molar refractivity (Wildman–Crippen MR) is 106 cm³/mol. The average molecular weight is 410 g/mol. The van der Waals surface area contributed by atoms with Crippen molar-refractivity contribution in [2.24, 2.45) is 0 Å². The molecule has 2 amide bonds. The van der Waals surface area contributed by atoms with Crippen LogP contribution in [0.25, 0.3) is 10.4 Å². The van der Waals surface area contributed by atoms with E-state index in [-0.39, 0.29) is 31.5 Å². The van der Waals surface area contributed by atoms with E-state index in [9.17, 15) is 14.4 Å². The first kappa shape index (κ1) is 20.9. The van der Waals surface area contributed by atoms with Crippen molar-refractivity contribution < 1.29 is 19.1 Å². The summed E-state index contributed by atoms with van der Waals surface area (Å²) in [6.07, 6.45) is 0. The summed E-state index contributed by atoms with van der Waals surface area (Å²) in [4.78, 5) is 36.6. The smallest absolute Gasteiger partial charge is 0.350 e. The first-order valence-electron chi connectivity index (χ1n) is 8.22. The van der Waals surface area contributed by atoms with E-state index in [1.807, 2.05) is 12.1 Å². The lowest BCUT2D eigenvalue weighted by atomic mass is 10.2. The van der Waals surface area contributed by atoms with E-state index >= 15 is 0 Å². The number of ether oxygens (including phenoxy) is 1. The van der Waals surface area contributed by atoms with Gasteiger partial charge in [-0.25, -0.2) is 4.79 Å². The van der Waals surface area contributed by atoms with Crippen molar-refractivity contribution in [3.05, 3.63) is 40.2 Å². The van der Waals surface area contributed by atoms with Gasteiger partial charge in [-0.3, -0.25) is 14.9 Å². The summed E-state index contributed by atoms with van der Waals surface area (Å²) in [5.41, 5.74) is 1.24. The van der Waals surface area contributed by atoms with Gasteiger partial charge in [0.25, 0.3) is 0 Å². The lowest BCUT2D eigenvalue weighted by Gasteiger charge is -2.07. The Hall–Kier alpha value is -2.42. The van der Waals surface area contributed by atoms with Crippen LogP contribution in [0.15, 0.2) is 30.3 Å². The molecule has 1 aromatic heterocycles. The second-order valence-electron chi connectivity index (χ2n) is 5.41. The van der Waals surface area contributed by atoms with E-state index < -0.39 is 5.97 Å². The SMILES string of the molecule is CCOC(=O)c1sc(-c2ccc(Cl)cc2)cc1NC(=O)CNCC(=O)NC. The molecule has 3 N–H and O–H groups in total. The fourth-order valence-electron chi connectivity index (χ4n) is 2.16. The monoisotopic (exact) mass is 409 g/mol. The summed E-state index contributed by atoms with van der Waals surface area (Å²) in [5, 5.41) is 8.47. The lowest BCUT2D eigenvalue weighted by molar-refractivity contribution is -0.120. The van der Waals surface area contributed by atoms with Gasteiger partial charge in [0, 0.05) is 16.9 Å². The van der Waals surface area contributed by atoms with E-state index in [1.54, 1.807) is 25.1 Å². The zero-order valence-electron chi connectivity index (χ0n) is 14.9. The number of hydrogen-bond donors (Lipinski definition) is 3. The van der Waals surface area contributed by atoms with Crippen LogP contribution in [-0.2, 0) is 14.3 Å². The summed E-state index contributed by atoms with van der Waals surface area (Å²) in [7, 11) is 1.51. The van der Waals surface area contributed by atoms with Gasteiger partial charge >= 0.3 is 5.97 Å². The molecule has 0 atom stereocenters. The third kappa shape index (κ3) is 6.06. The average Bonchev–Trinajstić information content (AvgIpc) is 3.06. The summed E-state index contributed by atoms with van der Waals surface area (Å²) in [6.45, 7) is 1.90. The Morgan fingerprint density at radius 1 is 1.11 bits per heavy atom. The Balaban J connectivity index is 2.17. The summed E-state index contributed by atoms with van der Waals surface area (Å²) in [6, 6.07) is 8.89. The first-order chi connectivity index (χ1) is 12.9. The summed E-state index contributed by atoms with van der Waals surface area (Å²) in [5.74, 6) is -1.10. The zero-order chi connectivity index (χ0) is 19.8. The number of nitrogens with one attached hydrogen (secondary N) is 3. The minimum atomic E-state index is -0.503. The maximum Gasteiger partial charge on any atom is 0.350 e.